The number of aryl methyl sites for hydroxylation is 1. The highest BCUT2D eigenvalue weighted by molar-refractivity contribution is 9.10. The highest BCUT2D eigenvalue weighted by Crippen LogP contribution is 2.22. The minimum Gasteiger partial charge on any atom is -0.485 e. The van der Waals surface area contributed by atoms with E-state index in [1.807, 2.05) is 25.1 Å². The van der Waals surface area contributed by atoms with Crippen molar-refractivity contribution in [3.05, 3.63) is 46.5 Å². The minimum atomic E-state index is 0.468. The molecule has 3 nitrogen and oxygen atoms in total. The molecule has 1 N–H and O–H groups in total. The van der Waals surface area contributed by atoms with Crippen molar-refractivity contribution >= 4 is 15.9 Å². The zero-order valence-electron chi connectivity index (χ0n) is 8.33. The molecule has 0 atom stereocenters. The van der Waals surface area contributed by atoms with Gasteiger partial charge in [-0.15, -0.1) is 0 Å². The quantitative estimate of drug-likeness (QED) is 0.928. The first-order chi connectivity index (χ1) is 7.25. The average Bonchev–Trinajstić information content (AvgIpc) is 2.69. The standard InChI is InChI=1S/C11H11BrN2O/c1-8-6-9(12)2-3-10(8)15-7-11-13-4-5-14-11/h2-6H,7H2,1H3,(H,13,14). The maximum atomic E-state index is 5.62. The molecule has 0 bridgehead atoms. The second-order valence-electron chi connectivity index (χ2n) is 3.23. The van der Waals surface area contributed by atoms with E-state index in [1.165, 1.54) is 0 Å². The number of aromatic nitrogens is 2. The number of rotatable bonds is 3. The van der Waals surface area contributed by atoms with Gasteiger partial charge in [0.15, 0.2) is 0 Å². The fourth-order valence-electron chi connectivity index (χ4n) is 1.30. The lowest BCUT2D eigenvalue weighted by Crippen LogP contribution is -1.98. The van der Waals surface area contributed by atoms with Crippen LogP contribution in [0.15, 0.2) is 35.1 Å². The molecule has 0 saturated heterocycles. The first-order valence-corrected chi connectivity index (χ1v) is 5.42. The van der Waals surface area contributed by atoms with Gasteiger partial charge in [0, 0.05) is 16.9 Å². The lowest BCUT2D eigenvalue weighted by Gasteiger charge is -2.07. The van der Waals surface area contributed by atoms with E-state index in [2.05, 4.69) is 25.9 Å². The normalized spacial score (nSPS) is 10.3. The van der Waals surface area contributed by atoms with Gasteiger partial charge in [-0.3, -0.25) is 0 Å². The smallest absolute Gasteiger partial charge is 0.146 e. The molecule has 2 rings (SSSR count). The molecule has 0 aliphatic carbocycles. The molecule has 0 amide bonds. The SMILES string of the molecule is Cc1cc(Br)ccc1OCc1ncc[nH]1. The number of ether oxygens (including phenoxy) is 1. The van der Waals surface area contributed by atoms with Crippen LogP contribution in [0.2, 0.25) is 0 Å². The first kappa shape index (κ1) is 10.2. The van der Waals surface area contributed by atoms with Gasteiger partial charge in [-0.1, -0.05) is 15.9 Å². The number of H-pyrrole nitrogens is 1. The van der Waals surface area contributed by atoms with Crippen LogP contribution in [0.1, 0.15) is 11.4 Å². The van der Waals surface area contributed by atoms with Crippen molar-refractivity contribution in [2.45, 2.75) is 13.5 Å². The van der Waals surface area contributed by atoms with Crippen molar-refractivity contribution in [1.29, 1.82) is 0 Å². The van der Waals surface area contributed by atoms with Crippen LogP contribution in [0, 0.1) is 6.92 Å². The highest BCUT2D eigenvalue weighted by atomic mass is 79.9. The predicted molar refractivity (Wildman–Crippen MR) is 61.8 cm³/mol. The number of hydrogen-bond acceptors (Lipinski definition) is 2. The molecule has 78 valence electrons. The summed E-state index contributed by atoms with van der Waals surface area (Å²) < 4.78 is 6.68. The van der Waals surface area contributed by atoms with Gasteiger partial charge in [0.25, 0.3) is 0 Å². The Morgan fingerprint density at radius 1 is 1.47 bits per heavy atom. The zero-order valence-corrected chi connectivity index (χ0v) is 9.91. The fraction of sp³-hybridized carbons (Fsp3) is 0.182. The van der Waals surface area contributed by atoms with Crippen molar-refractivity contribution in [2.24, 2.45) is 0 Å². The highest BCUT2D eigenvalue weighted by Gasteiger charge is 2.01. The van der Waals surface area contributed by atoms with E-state index < -0.39 is 0 Å². The fourth-order valence-corrected chi connectivity index (χ4v) is 1.77. The Balaban J connectivity index is 2.05. The molecule has 15 heavy (non-hydrogen) atoms. The number of nitrogens with zero attached hydrogens (tertiary/aromatic N) is 1. The first-order valence-electron chi connectivity index (χ1n) is 4.63. The van der Waals surface area contributed by atoms with Crippen molar-refractivity contribution in [3.8, 4) is 5.75 Å². The van der Waals surface area contributed by atoms with Gasteiger partial charge in [-0.25, -0.2) is 4.98 Å². The lowest BCUT2D eigenvalue weighted by molar-refractivity contribution is 0.295. The molecule has 0 unspecified atom stereocenters. The number of halogens is 1. The second-order valence-corrected chi connectivity index (χ2v) is 4.15. The molecule has 0 radical (unpaired) electrons. The Hall–Kier alpha value is -1.29. The van der Waals surface area contributed by atoms with Crippen LogP contribution < -0.4 is 4.74 Å². The summed E-state index contributed by atoms with van der Waals surface area (Å²) in [6.45, 7) is 2.48. The zero-order chi connectivity index (χ0) is 10.7. The van der Waals surface area contributed by atoms with Gasteiger partial charge in [0.1, 0.15) is 18.2 Å². The largest absolute Gasteiger partial charge is 0.485 e. The van der Waals surface area contributed by atoms with E-state index in [0.29, 0.717) is 6.61 Å². The molecular formula is C11H11BrN2O. The van der Waals surface area contributed by atoms with Gasteiger partial charge in [0.2, 0.25) is 0 Å². The van der Waals surface area contributed by atoms with Crippen molar-refractivity contribution in [1.82, 2.24) is 9.97 Å². The molecule has 4 heteroatoms. The Kier molecular flexibility index (Phi) is 3.06. The molecule has 1 aromatic carbocycles. The van der Waals surface area contributed by atoms with Crippen LogP contribution in [0.5, 0.6) is 5.75 Å². The second kappa shape index (κ2) is 4.49. The molecule has 1 aromatic heterocycles. The van der Waals surface area contributed by atoms with Gasteiger partial charge in [-0.05, 0) is 30.7 Å². The molecule has 0 fully saturated rings. The maximum absolute atomic E-state index is 5.62. The number of nitrogens with one attached hydrogen (secondary N) is 1. The Labute approximate surface area is 96.6 Å². The van der Waals surface area contributed by atoms with Gasteiger partial charge in [0.05, 0.1) is 0 Å². The summed E-state index contributed by atoms with van der Waals surface area (Å²) in [6, 6.07) is 5.93. The number of imidazole rings is 1. The monoisotopic (exact) mass is 266 g/mol. The predicted octanol–water partition coefficient (Wildman–Crippen LogP) is 3.06. The minimum absolute atomic E-state index is 0.468. The van der Waals surface area contributed by atoms with Gasteiger partial charge >= 0.3 is 0 Å². The topological polar surface area (TPSA) is 37.9 Å². The van der Waals surface area contributed by atoms with Crippen molar-refractivity contribution < 1.29 is 4.74 Å². The molecule has 0 saturated carbocycles. The maximum Gasteiger partial charge on any atom is 0.146 e. The summed E-state index contributed by atoms with van der Waals surface area (Å²) in [4.78, 5) is 7.08. The van der Waals surface area contributed by atoms with E-state index in [9.17, 15) is 0 Å². The Bertz CT molecular complexity index is 440. The van der Waals surface area contributed by atoms with E-state index in [1.54, 1.807) is 12.4 Å². The molecule has 2 aromatic rings. The lowest BCUT2D eigenvalue weighted by atomic mass is 10.2. The van der Waals surface area contributed by atoms with Crippen LogP contribution in [0.25, 0.3) is 0 Å². The summed E-state index contributed by atoms with van der Waals surface area (Å²) >= 11 is 3.41. The molecule has 1 heterocycles. The summed E-state index contributed by atoms with van der Waals surface area (Å²) in [5, 5.41) is 0. The van der Waals surface area contributed by atoms with E-state index in [0.717, 1.165) is 21.6 Å². The summed E-state index contributed by atoms with van der Waals surface area (Å²) in [5.41, 5.74) is 1.11. The summed E-state index contributed by atoms with van der Waals surface area (Å²) in [7, 11) is 0. The van der Waals surface area contributed by atoms with Crippen molar-refractivity contribution in [3.63, 3.8) is 0 Å². The third-order valence-corrected chi connectivity index (χ3v) is 2.55. The van der Waals surface area contributed by atoms with Crippen LogP contribution in [-0.4, -0.2) is 9.97 Å². The van der Waals surface area contributed by atoms with Crippen LogP contribution >= 0.6 is 15.9 Å². The summed E-state index contributed by atoms with van der Waals surface area (Å²) in [6.07, 6.45) is 3.50. The molecule has 0 aliphatic rings. The van der Waals surface area contributed by atoms with Crippen molar-refractivity contribution in [2.75, 3.05) is 0 Å². The Morgan fingerprint density at radius 2 is 2.33 bits per heavy atom. The number of benzene rings is 1. The molecule has 0 aliphatic heterocycles. The molecule has 0 spiro atoms. The number of aromatic amines is 1. The van der Waals surface area contributed by atoms with Gasteiger partial charge < -0.3 is 9.72 Å². The van der Waals surface area contributed by atoms with Crippen LogP contribution in [0.4, 0.5) is 0 Å². The van der Waals surface area contributed by atoms with Crippen LogP contribution in [-0.2, 0) is 6.61 Å². The third kappa shape index (κ3) is 2.59. The Morgan fingerprint density at radius 3 is 3.00 bits per heavy atom. The molecular weight excluding hydrogens is 256 g/mol. The van der Waals surface area contributed by atoms with Gasteiger partial charge in [-0.2, -0.15) is 0 Å². The average molecular weight is 267 g/mol. The third-order valence-electron chi connectivity index (χ3n) is 2.06. The van der Waals surface area contributed by atoms with E-state index in [4.69, 9.17) is 4.74 Å². The van der Waals surface area contributed by atoms with E-state index in [-0.39, 0.29) is 0 Å². The van der Waals surface area contributed by atoms with Crippen LogP contribution in [0.3, 0.4) is 0 Å². The summed E-state index contributed by atoms with van der Waals surface area (Å²) in [5.74, 6) is 1.71. The number of hydrogen-bond donors (Lipinski definition) is 1. The van der Waals surface area contributed by atoms with E-state index >= 15 is 0 Å².